The predicted octanol–water partition coefficient (Wildman–Crippen LogP) is 2.03. The van der Waals surface area contributed by atoms with E-state index in [0.717, 1.165) is 5.01 Å². The number of aromatic nitrogens is 3. The number of methoxy groups -OCH3 is 3. The van der Waals surface area contributed by atoms with Crippen LogP contribution in [0, 0.1) is 0 Å². The lowest BCUT2D eigenvalue weighted by Crippen LogP contribution is -2.38. The van der Waals surface area contributed by atoms with E-state index in [4.69, 9.17) is 19.9 Å². The van der Waals surface area contributed by atoms with E-state index < -0.39 is 5.91 Å². The van der Waals surface area contributed by atoms with Gasteiger partial charge in [-0.25, -0.2) is 15.4 Å². The second kappa shape index (κ2) is 11.6. The zero-order valence-electron chi connectivity index (χ0n) is 20.6. The molecule has 2 aromatic heterocycles. The lowest BCUT2D eigenvalue weighted by Gasteiger charge is -2.31. The Morgan fingerprint density at radius 3 is 2.49 bits per heavy atom. The number of nitrogens with two attached hydrogens (primary N) is 1. The summed E-state index contributed by atoms with van der Waals surface area (Å²) in [4.78, 5) is 40.0. The number of hydrazone groups is 1. The largest absolute Gasteiger partial charge is 0.493 e. The number of amidine groups is 1. The number of hydrogen-bond donors (Lipinski definition) is 2. The normalized spacial score (nSPS) is 14.2. The van der Waals surface area contributed by atoms with E-state index in [9.17, 15) is 9.59 Å². The van der Waals surface area contributed by atoms with Gasteiger partial charge in [0.1, 0.15) is 11.4 Å². The second-order valence-corrected chi connectivity index (χ2v) is 8.94. The van der Waals surface area contributed by atoms with Gasteiger partial charge >= 0.3 is 0 Å². The fourth-order valence-corrected chi connectivity index (χ4v) is 4.98. The maximum absolute atomic E-state index is 13.3. The topological polar surface area (TPSA) is 154 Å². The zero-order valence-corrected chi connectivity index (χ0v) is 21.4. The summed E-state index contributed by atoms with van der Waals surface area (Å²) >= 11 is 1.41. The first kappa shape index (κ1) is 25.8. The van der Waals surface area contributed by atoms with Crippen LogP contribution in [0.2, 0.25) is 0 Å². The minimum absolute atomic E-state index is 0.0417. The molecule has 1 aromatic carbocycles. The number of carbonyl (C=O) groups is 2. The molecule has 0 atom stereocenters. The van der Waals surface area contributed by atoms with Crippen LogP contribution >= 0.6 is 11.3 Å². The molecule has 12 nitrogen and oxygen atoms in total. The maximum atomic E-state index is 13.3. The second-order valence-electron chi connectivity index (χ2n) is 8.05. The predicted molar refractivity (Wildman–Crippen MR) is 136 cm³/mol. The van der Waals surface area contributed by atoms with Gasteiger partial charge in [-0.15, -0.1) is 11.3 Å². The third kappa shape index (κ3) is 5.61. The molecule has 0 radical (unpaired) electrons. The standard InChI is InChI=1S/C24H27N7O5S/c1-34-18-5-4-15(19(35-2)20(18)36-3)24(33)31-10-6-14(7-11-31)23-28-17(13-37-23)22(32)30-29-21(25)16-12-26-8-9-27-16/h4-5,8-9,12-14H,6-7,10-11H2,1-3H3,(H2,25,29)(H,30,32). The Hall–Kier alpha value is -4.26. The number of nitrogens with zero attached hydrogens (tertiary/aromatic N) is 5. The van der Waals surface area contributed by atoms with E-state index in [1.165, 1.54) is 51.3 Å². The number of thiazole rings is 1. The van der Waals surface area contributed by atoms with Crippen LogP contribution in [0.5, 0.6) is 17.2 Å². The Kier molecular flexibility index (Phi) is 8.13. The molecule has 0 aliphatic carbocycles. The monoisotopic (exact) mass is 525 g/mol. The first-order valence-electron chi connectivity index (χ1n) is 11.4. The highest BCUT2D eigenvalue weighted by Crippen LogP contribution is 2.40. The molecule has 3 N–H and O–H groups in total. The van der Waals surface area contributed by atoms with Crippen molar-refractivity contribution in [1.82, 2.24) is 25.3 Å². The third-order valence-corrected chi connectivity index (χ3v) is 6.93. The van der Waals surface area contributed by atoms with Gasteiger partial charge in [-0.1, -0.05) is 0 Å². The molecular weight excluding hydrogens is 498 g/mol. The van der Waals surface area contributed by atoms with Crippen LogP contribution in [-0.2, 0) is 0 Å². The van der Waals surface area contributed by atoms with Crippen molar-refractivity contribution in [1.29, 1.82) is 0 Å². The lowest BCUT2D eigenvalue weighted by atomic mass is 9.97. The van der Waals surface area contributed by atoms with Crippen molar-refractivity contribution in [2.75, 3.05) is 34.4 Å². The molecule has 194 valence electrons. The van der Waals surface area contributed by atoms with Gasteiger partial charge in [-0.2, -0.15) is 5.10 Å². The smallest absolute Gasteiger partial charge is 0.290 e. The number of rotatable bonds is 8. The Labute approximate surface area is 217 Å². The van der Waals surface area contributed by atoms with Gasteiger partial charge in [0.05, 0.1) is 38.1 Å². The summed E-state index contributed by atoms with van der Waals surface area (Å²) in [5.41, 5.74) is 9.25. The van der Waals surface area contributed by atoms with Crippen LogP contribution in [0.4, 0.5) is 0 Å². The molecule has 0 bridgehead atoms. The number of carbonyl (C=O) groups excluding carboxylic acids is 2. The molecule has 13 heteroatoms. The number of likely N-dealkylation sites (tertiary alicyclic amines) is 1. The van der Waals surface area contributed by atoms with Gasteiger partial charge in [-0.05, 0) is 25.0 Å². The highest BCUT2D eigenvalue weighted by Gasteiger charge is 2.30. The summed E-state index contributed by atoms with van der Waals surface area (Å²) in [6, 6.07) is 3.37. The van der Waals surface area contributed by atoms with Crippen molar-refractivity contribution in [3.63, 3.8) is 0 Å². The molecule has 4 rings (SSSR count). The van der Waals surface area contributed by atoms with Crippen molar-refractivity contribution >= 4 is 29.0 Å². The minimum Gasteiger partial charge on any atom is -0.493 e. The number of hydrogen-bond acceptors (Lipinski definition) is 10. The summed E-state index contributed by atoms with van der Waals surface area (Å²) in [6.45, 7) is 1.09. The first-order valence-corrected chi connectivity index (χ1v) is 12.3. The highest BCUT2D eigenvalue weighted by atomic mass is 32.1. The molecule has 0 unspecified atom stereocenters. The van der Waals surface area contributed by atoms with Gasteiger partial charge in [0.15, 0.2) is 17.3 Å². The highest BCUT2D eigenvalue weighted by molar-refractivity contribution is 7.09. The van der Waals surface area contributed by atoms with Crippen molar-refractivity contribution in [3.05, 3.63) is 58.1 Å². The van der Waals surface area contributed by atoms with E-state index in [1.807, 2.05) is 0 Å². The van der Waals surface area contributed by atoms with E-state index in [-0.39, 0.29) is 23.4 Å². The van der Waals surface area contributed by atoms with Crippen LogP contribution < -0.4 is 25.4 Å². The van der Waals surface area contributed by atoms with E-state index in [2.05, 4.69) is 25.5 Å². The SMILES string of the molecule is COc1ccc(C(=O)N2CCC(c3nc(C(=O)NN=C(N)c4cnccn4)cs3)CC2)c(OC)c1OC. The Morgan fingerprint density at radius 1 is 1.08 bits per heavy atom. The van der Waals surface area contributed by atoms with E-state index in [1.54, 1.807) is 22.4 Å². The van der Waals surface area contributed by atoms with Gasteiger partial charge in [0.2, 0.25) is 5.75 Å². The fraction of sp³-hybridized carbons (Fsp3) is 0.333. The molecule has 37 heavy (non-hydrogen) atoms. The van der Waals surface area contributed by atoms with Crippen LogP contribution in [0.1, 0.15) is 50.3 Å². The molecule has 2 amide bonds. The van der Waals surface area contributed by atoms with Crippen LogP contribution in [-0.4, -0.2) is 71.9 Å². The van der Waals surface area contributed by atoms with Gasteiger partial charge < -0.3 is 24.8 Å². The van der Waals surface area contributed by atoms with Crippen molar-refractivity contribution in [2.24, 2.45) is 10.8 Å². The van der Waals surface area contributed by atoms with Crippen LogP contribution in [0.15, 0.2) is 41.2 Å². The molecule has 3 heterocycles. The first-order chi connectivity index (χ1) is 18.0. The van der Waals surface area contributed by atoms with Gasteiger partial charge in [0.25, 0.3) is 11.8 Å². The number of nitrogens with one attached hydrogen (secondary N) is 1. The van der Waals surface area contributed by atoms with E-state index >= 15 is 0 Å². The van der Waals surface area contributed by atoms with Crippen LogP contribution in [0.3, 0.4) is 0 Å². The molecule has 1 saturated heterocycles. The summed E-state index contributed by atoms with van der Waals surface area (Å²) in [6.07, 6.45) is 5.88. The Balaban J connectivity index is 1.37. The molecule has 0 saturated carbocycles. The van der Waals surface area contributed by atoms with Crippen molar-refractivity contribution < 1.29 is 23.8 Å². The average molecular weight is 526 g/mol. The maximum Gasteiger partial charge on any atom is 0.290 e. The number of ether oxygens (including phenoxy) is 3. The summed E-state index contributed by atoms with van der Waals surface area (Å²) < 4.78 is 16.2. The lowest BCUT2D eigenvalue weighted by molar-refractivity contribution is 0.0708. The number of amides is 2. The average Bonchev–Trinajstić information content (AvgIpc) is 3.45. The summed E-state index contributed by atoms with van der Waals surface area (Å²) in [7, 11) is 4.52. The molecular formula is C24H27N7O5S. The van der Waals surface area contributed by atoms with Gasteiger partial charge in [-0.3, -0.25) is 14.6 Å². The molecule has 1 fully saturated rings. The molecule has 1 aliphatic heterocycles. The third-order valence-electron chi connectivity index (χ3n) is 5.92. The summed E-state index contributed by atoms with van der Waals surface area (Å²) in [5.74, 6) is 0.766. The Bertz CT molecular complexity index is 1290. The molecule has 1 aliphatic rings. The van der Waals surface area contributed by atoms with Gasteiger partial charge in [0, 0.05) is 36.8 Å². The van der Waals surface area contributed by atoms with Crippen molar-refractivity contribution in [3.8, 4) is 17.2 Å². The quantitative estimate of drug-likeness (QED) is 0.255. The molecule has 0 spiro atoms. The van der Waals surface area contributed by atoms with Crippen molar-refractivity contribution in [2.45, 2.75) is 18.8 Å². The fourth-order valence-electron chi connectivity index (χ4n) is 4.01. The Morgan fingerprint density at radius 2 is 1.84 bits per heavy atom. The number of piperidine rings is 1. The molecule has 3 aromatic rings. The van der Waals surface area contributed by atoms with E-state index in [0.29, 0.717) is 54.4 Å². The van der Waals surface area contributed by atoms with Crippen LogP contribution in [0.25, 0.3) is 0 Å². The summed E-state index contributed by atoms with van der Waals surface area (Å²) in [5, 5.41) is 6.40. The minimum atomic E-state index is -0.470. The number of benzene rings is 1. The zero-order chi connectivity index (χ0) is 26.4.